The Morgan fingerprint density at radius 1 is 1.11 bits per heavy atom. The third kappa shape index (κ3) is 5.27. The summed E-state index contributed by atoms with van der Waals surface area (Å²) in [5, 5.41) is 3.74. The molecule has 0 aliphatic heterocycles. The summed E-state index contributed by atoms with van der Waals surface area (Å²) < 4.78 is 13.0. The molecule has 7 heteroatoms. The number of benzene rings is 2. The van der Waals surface area contributed by atoms with Crippen molar-refractivity contribution in [1.82, 2.24) is 9.55 Å². The van der Waals surface area contributed by atoms with Gasteiger partial charge in [-0.1, -0.05) is 23.9 Å². The Kier molecular flexibility index (Phi) is 6.38. The number of para-hydroxylation sites is 2. The summed E-state index contributed by atoms with van der Waals surface area (Å²) in [7, 11) is 1.95. The average Bonchev–Trinajstić information content (AvgIpc) is 3.07. The minimum atomic E-state index is -0.231. The topological polar surface area (TPSA) is 65.4 Å². The second kappa shape index (κ2) is 9.14. The summed E-state index contributed by atoms with van der Waals surface area (Å²) in [4.78, 5) is 17.5. The Balaban J connectivity index is 1.53. The normalized spacial score (nSPS) is 10.4. The maximum Gasteiger partial charge on any atom is 0.262 e. The first kappa shape index (κ1) is 18.8. The molecule has 1 N–H and O–H groups in total. The molecule has 0 aliphatic rings. The highest BCUT2D eigenvalue weighted by atomic mass is 32.2. The number of nitrogens with zero attached hydrogens (tertiary/aromatic N) is 2. The number of hydrogen-bond donors (Lipinski definition) is 1. The molecule has 0 atom stereocenters. The average molecular weight is 383 g/mol. The van der Waals surface area contributed by atoms with Crippen LogP contribution in [0.1, 0.15) is 6.92 Å². The number of carbonyl (C=O) groups is 1. The van der Waals surface area contributed by atoms with Crippen LogP contribution in [0.15, 0.2) is 71.0 Å². The monoisotopic (exact) mass is 383 g/mol. The Labute approximate surface area is 162 Å². The fourth-order valence-corrected chi connectivity index (χ4v) is 3.15. The van der Waals surface area contributed by atoms with Crippen LogP contribution < -0.4 is 14.8 Å². The van der Waals surface area contributed by atoms with Crippen molar-refractivity contribution in [2.24, 2.45) is 7.05 Å². The molecular formula is C20H21N3O3S. The Hall–Kier alpha value is -2.93. The van der Waals surface area contributed by atoms with Gasteiger partial charge >= 0.3 is 0 Å². The van der Waals surface area contributed by atoms with Gasteiger partial charge in [-0.25, -0.2) is 4.98 Å². The first-order valence-electron chi connectivity index (χ1n) is 8.55. The summed E-state index contributed by atoms with van der Waals surface area (Å²) in [6.45, 7) is 2.35. The van der Waals surface area contributed by atoms with Gasteiger partial charge in [-0.3, -0.25) is 4.79 Å². The zero-order valence-electron chi connectivity index (χ0n) is 15.2. The third-order valence-electron chi connectivity index (χ3n) is 3.63. The molecule has 0 fully saturated rings. The SMILES string of the molecule is CCOc1ccccc1OCC(=O)Nc1ccc(Sc2nccn2C)cc1. The van der Waals surface area contributed by atoms with Crippen molar-refractivity contribution in [2.75, 3.05) is 18.5 Å². The number of nitrogens with one attached hydrogen (secondary N) is 1. The number of carbonyl (C=O) groups excluding carboxylic acids is 1. The van der Waals surface area contributed by atoms with E-state index in [1.54, 1.807) is 24.0 Å². The van der Waals surface area contributed by atoms with Crippen LogP contribution in [-0.4, -0.2) is 28.7 Å². The van der Waals surface area contributed by atoms with Gasteiger partial charge in [-0.15, -0.1) is 0 Å². The van der Waals surface area contributed by atoms with Gasteiger partial charge in [0.1, 0.15) is 0 Å². The molecule has 0 radical (unpaired) electrons. The highest BCUT2D eigenvalue weighted by molar-refractivity contribution is 7.99. The minimum Gasteiger partial charge on any atom is -0.490 e. The number of aromatic nitrogens is 2. The zero-order chi connectivity index (χ0) is 19.1. The summed E-state index contributed by atoms with van der Waals surface area (Å²) >= 11 is 1.56. The third-order valence-corrected chi connectivity index (χ3v) is 4.72. The lowest BCUT2D eigenvalue weighted by molar-refractivity contribution is -0.118. The number of hydrogen-bond acceptors (Lipinski definition) is 5. The lowest BCUT2D eigenvalue weighted by Crippen LogP contribution is -2.20. The number of rotatable bonds is 8. The number of imidazole rings is 1. The predicted molar refractivity (Wildman–Crippen MR) is 106 cm³/mol. The molecule has 27 heavy (non-hydrogen) atoms. The number of aryl methyl sites for hydroxylation is 1. The molecule has 0 saturated heterocycles. The summed E-state index contributed by atoms with van der Waals surface area (Å²) in [6, 6.07) is 14.9. The second-order valence-electron chi connectivity index (χ2n) is 5.66. The lowest BCUT2D eigenvalue weighted by Gasteiger charge is -2.11. The molecule has 0 saturated carbocycles. The van der Waals surface area contributed by atoms with Crippen molar-refractivity contribution < 1.29 is 14.3 Å². The van der Waals surface area contributed by atoms with Crippen LogP contribution >= 0.6 is 11.8 Å². The number of amides is 1. The van der Waals surface area contributed by atoms with E-state index in [1.165, 1.54) is 0 Å². The Morgan fingerprint density at radius 3 is 2.44 bits per heavy atom. The van der Waals surface area contributed by atoms with Crippen molar-refractivity contribution in [3.05, 3.63) is 60.9 Å². The van der Waals surface area contributed by atoms with Gasteiger partial charge in [-0.05, 0) is 43.3 Å². The van der Waals surface area contributed by atoms with Crippen LogP contribution in [0.2, 0.25) is 0 Å². The van der Waals surface area contributed by atoms with Crippen molar-refractivity contribution >= 4 is 23.4 Å². The number of anilines is 1. The quantitative estimate of drug-likeness (QED) is 0.637. The maximum atomic E-state index is 12.1. The molecule has 3 rings (SSSR count). The maximum absolute atomic E-state index is 12.1. The van der Waals surface area contributed by atoms with E-state index in [0.717, 1.165) is 10.1 Å². The van der Waals surface area contributed by atoms with E-state index < -0.39 is 0 Å². The van der Waals surface area contributed by atoms with Crippen LogP contribution in [0.25, 0.3) is 0 Å². The summed E-state index contributed by atoms with van der Waals surface area (Å²) in [5.74, 6) is 0.950. The van der Waals surface area contributed by atoms with E-state index in [1.807, 2.05) is 67.2 Å². The van der Waals surface area contributed by atoms with Gasteiger partial charge in [0.05, 0.1) is 6.61 Å². The fraction of sp³-hybridized carbons (Fsp3) is 0.200. The van der Waals surface area contributed by atoms with E-state index in [9.17, 15) is 4.79 Å². The summed E-state index contributed by atoms with van der Waals surface area (Å²) in [5.41, 5.74) is 0.714. The van der Waals surface area contributed by atoms with Crippen LogP contribution in [0.3, 0.4) is 0 Å². The van der Waals surface area contributed by atoms with Gasteiger partial charge in [0.15, 0.2) is 23.3 Å². The zero-order valence-corrected chi connectivity index (χ0v) is 16.0. The first-order chi connectivity index (χ1) is 13.2. The number of ether oxygens (including phenoxy) is 2. The van der Waals surface area contributed by atoms with Crippen molar-refractivity contribution in [3.8, 4) is 11.5 Å². The molecule has 2 aromatic carbocycles. The van der Waals surface area contributed by atoms with E-state index in [4.69, 9.17) is 9.47 Å². The summed E-state index contributed by atoms with van der Waals surface area (Å²) in [6.07, 6.45) is 3.67. The fourth-order valence-electron chi connectivity index (χ4n) is 2.35. The Bertz CT molecular complexity index is 893. The van der Waals surface area contributed by atoms with Gasteiger partial charge in [0.25, 0.3) is 5.91 Å². The predicted octanol–water partition coefficient (Wildman–Crippen LogP) is 3.99. The molecule has 0 bridgehead atoms. The highest BCUT2D eigenvalue weighted by Crippen LogP contribution is 2.27. The molecule has 1 heterocycles. The van der Waals surface area contributed by atoms with Crippen molar-refractivity contribution in [1.29, 1.82) is 0 Å². The van der Waals surface area contributed by atoms with Gasteiger partial charge in [-0.2, -0.15) is 0 Å². The molecule has 140 valence electrons. The molecule has 0 spiro atoms. The molecule has 3 aromatic rings. The highest BCUT2D eigenvalue weighted by Gasteiger charge is 2.08. The van der Waals surface area contributed by atoms with Crippen LogP contribution in [0.4, 0.5) is 5.69 Å². The minimum absolute atomic E-state index is 0.0894. The Morgan fingerprint density at radius 2 is 1.81 bits per heavy atom. The molecular weight excluding hydrogens is 362 g/mol. The first-order valence-corrected chi connectivity index (χ1v) is 9.37. The standard InChI is InChI=1S/C20H21N3O3S/c1-3-25-17-6-4-5-7-18(17)26-14-19(24)22-15-8-10-16(11-9-15)27-20-21-12-13-23(20)2/h4-13H,3,14H2,1-2H3,(H,22,24). The van der Waals surface area contributed by atoms with Gasteiger partial charge in [0, 0.05) is 30.0 Å². The van der Waals surface area contributed by atoms with E-state index in [2.05, 4.69) is 10.3 Å². The largest absolute Gasteiger partial charge is 0.490 e. The lowest BCUT2D eigenvalue weighted by atomic mass is 10.3. The van der Waals surface area contributed by atoms with E-state index in [0.29, 0.717) is 23.8 Å². The van der Waals surface area contributed by atoms with Crippen LogP contribution in [0.5, 0.6) is 11.5 Å². The van der Waals surface area contributed by atoms with Crippen LogP contribution in [0, 0.1) is 0 Å². The van der Waals surface area contributed by atoms with Crippen molar-refractivity contribution in [3.63, 3.8) is 0 Å². The smallest absolute Gasteiger partial charge is 0.262 e. The molecule has 1 aromatic heterocycles. The van der Waals surface area contributed by atoms with Crippen molar-refractivity contribution in [2.45, 2.75) is 17.0 Å². The molecule has 1 amide bonds. The van der Waals surface area contributed by atoms with Gasteiger partial charge < -0.3 is 19.4 Å². The van der Waals surface area contributed by atoms with Crippen LogP contribution in [-0.2, 0) is 11.8 Å². The van der Waals surface area contributed by atoms with E-state index >= 15 is 0 Å². The van der Waals surface area contributed by atoms with Gasteiger partial charge in [0.2, 0.25) is 0 Å². The molecule has 0 aliphatic carbocycles. The molecule has 6 nitrogen and oxygen atoms in total. The second-order valence-corrected chi connectivity index (χ2v) is 6.70. The van der Waals surface area contributed by atoms with E-state index in [-0.39, 0.29) is 12.5 Å². The molecule has 0 unspecified atom stereocenters.